The Hall–Kier alpha value is -2.01. The summed E-state index contributed by atoms with van der Waals surface area (Å²) in [6.45, 7) is 0.945. The minimum Gasteiger partial charge on any atom is -0.497 e. The first-order chi connectivity index (χ1) is 9.78. The van der Waals surface area contributed by atoms with E-state index in [1.54, 1.807) is 20.4 Å². The molecule has 108 valence electrons. The molecule has 1 aromatic heterocycles. The summed E-state index contributed by atoms with van der Waals surface area (Å²) in [6.07, 6.45) is 3.53. The molecule has 0 fully saturated rings. The van der Waals surface area contributed by atoms with Crippen molar-refractivity contribution in [2.24, 2.45) is 0 Å². The first-order valence-electron chi connectivity index (χ1n) is 6.60. The number of aromatic nitrogens is 1. The highest BCUT2D eigenvalue weighted by Crippen LogP contribution is 2.33. The lowest BCUT2D eigenvalue weighted by Crippen LogP contribution is -2.08. The van der Waals surface area contributed by atoms with Crippen molar-refractivity contribution in [3.63, 3.8) is 0 Å². The fourth-order valence-corrected chi connectivity index (χ4v) is 1.97. The van der Waals surface area contributed by atoms with Crippen LogP contribution >= 0.6 is 0 Å². The normalized spacial score (nSPS) is 10.6. The van der Waals surface area contributed by atoms with Gasteiger partial charge >= 0.3 is 0 Å². The van der Waals surface area contributed by atoms with Crippen LogP contribution in [0.1, 0.15) is 12.3 Å². The van der Waals surface area contributed by atoms with Gasteiger partial charge in [-0.05, 0) is 38.2 Å². The Morgan fingerprint density at radius 1 is 1.25 bits per heavy atom. The highest BCUT2D eigenvalue weighted by atomic mass is 16.5. The highest BCUT2D eigenvalue weighted by Gasteiger charge is 2.12. The lowest BCUT2D eigenvalue weighted by atomic mass is 10.1. The van der Waals surface area contributed by atoms with E-state index in [1.807, 2.05) is 25.2 Å². The molecule has 5 nitrogen and oxygen atoms in total. The van der Waals surface area contributed by atoms with Crippen LogP contribution in [0.25, 0.3) is 11.3 Å². The number of ether oxygens (including phenoxy) is 2. The van der Waals surface area contributed by atoms with Crippen molar-refractivity contribution in [2.75, 3.05) is 27.8 Å². The molecule has 0 saturated heterocycles. The average molecular weight is 276 g/mol. The third-order valence-electron chi connectivity index (χ3n) is 3.04. The molecule has 0 aliphatic heterocycles. The van der Waals surface area contributed by atoms with Crippen molar-refractivity contribution in [3.8, 4) is 22.8 Å². The average Bonchev–Trinajstić information content (AvgIpc) is 2.95. The number of hydrogen-bond donors (Lipinski definition) is 1. The summed E-state index contributed by atoms with van der Waals surface area (Å²) >= 11 is 0. The quantitative estimate of drug-likeness (QED) is 0.787. The third kappa shape index (κ3) is 3.30. The predicted molar refractivity (Wildman–Crippen MR) is 77.3 cm³/mol. The van der Waals surface area contributed by atoms with Gasteiger partial charge in [0.05, 0.1) is 26.0 Å². The first kappa shape index (κ1) is 14.4. The van der Waals surface area contributed by atoms with Gasteiger partial charge in [-0.1, -0.05) is 0 Å². The lowest BCUT2D eigenvalue weighted by molar-refractivity contribution is 0.402. The van der Waals surface area contributed by atoms with E-state index < -0.39 is 0 Å². The number of methoxy groups -OCH3 is 2. The summed E-state index contributed by atoms with van der Waals surface area (Å²) in [7, 11) is 5.20. The fourth-order valence-electron chi connectivity index (χ4n) is 1.97. The molecule has 0 aliphatic carbocycles. The van der Waals surface area contributed by atoms with E-state index in [9.17, 15) is 0 Å². The maximum Gasteiger partial charge on any atom is 0.194 e. The van der Waals surface area contributed by atoms with Crippen LogP contribution in [0.3, 0.4) is 0 Å². The Labute approximate surface area is 118 Å². The molecule has 0 spiro atoms. The molecule has 5 heteroatoms. The van der Waals surface area contributed by atoms with Crippen LogP contribution in [0.15, 0.2) is 28.8 Å². The second-order valence-electron chi connectivity index (χ2n) is 4.39. The van der Waals surface area contributed by atoms with Crippen molar-refractivity contribution in [1.82, 2.24) is 10.3 Å². The second-order valence-corrected chi connectivity index (χ2v) is 4.39. The molecular weight excluding hydrogens is 256 g/mol. The van der Waals surface area contributed by atoms with Gasteiger partial charge in [-0.25, -0.2) is 4.98 Å². The van der Waals surface area contributed by atoms with E-state index in [1.165, 1.54) is 0 Å². The Balaban J connectivity index is 2.22. The zero-order valence-corrected chi connectivity index (χ0v) is 12.1. The molecule has 2 rings (SSSR count). The van der Waals surface area contributed by atoms with Crippen LogP contribution in [-0.2, 0) is 6.42 Å². The summed E-state index contributed by atoms with van der Waals surface area (Å²) < 4.78 is 16.4. The van der Waals surface area contributed by atoms with E-state index in [-0.39, 0.29) is 0 Å². The van der Waals surface area contributed by atoms with Crippen molar-refractivity contribution in [2.45, 2.75) is 12.8 Å². The minimum atomic E-state index is 0.695. The van der Waals surface area contributed by atoms with E-state index in [0.717, 1.165) is 42.3 Å². The van der Waals surface area contributed by atoms with E-state index in [4.69, 9.17) is 13.9 Å². The van der Waals surface area contributed by atoms with E-state index in [2.05, 4.69) is 10.3 Å². The molecule has 0 bridgehead atoms. The van der Waals surface area contributed by atoms with E-state index >= 15 is 0 Å². The molecule has 0 saturated carbocycles. The van der Waals surface area contributed by atoms with Gasteiger partial charge in [-0.15, -0.1) is 0 Å². The van der Waals surface area contributed by atoms with Crippen molar-refractivity contribution in [1.29, 1.82) is 0 Å². The van der Waals surface area contributed by atoms with Gasteiger partial charge in [0.1, 0.15) is 11.5 Å². The first-order valence-corrected chi connectivity index (χ1v) is 6.60. The van der Waals surface area contributed by atoms with Crippen LogP contribution in [-0.4, -0.2) is 32.8 Å². The number of aryl methyl sites for hydroxylation is 1. The van der Waals surface area contributed by atoms with Crippen LogP contribution in [0.2, 0.25) is 0 Å². The molecule has 0 aliphatic rings. The molecule has 1 aromatic carbocycles. The number of rotatable bonds is 7. The Bertz CT molecular complexity index is 552. The number of oxazole rings is 1. The number of nitrogens with one attached hydrogen (secondary N) is 1. The second kappa shape index (κ2) is 6.96. The van der Waals surface area contributed by atoms with Gasteiger partial charge in [-0.3, -0.25) is 0 Å². The van der Waals surface area contributed by atoms with Crippen LogP contribution in [0.4, 0.5) is 0 Å². The summed E-state index contributed by atoms with van der Waals surface area (Å²) in [4.78, 5) is 4.30. The van der Waals surface area contributed by atoms with Gasteiger partial charge in [0.25, 0.3) is 0 Å². The topological polar surface area (TPSA) is 56.5 Å². The number of nitrogens with zero attached hydrogens (tertiary/aromatic N) is 1. The zero-order chi connectivity index (χ0) is 14.4. The van der Waals surface area contributed by atoms with Crippen LogP contribution < -0.4 is 14.8 Å². The monoisotopic (exact) mass is 276 g/mol. The Morgan fingerprint density at radius 2 is 2.10 bits per heavy atom. The third-order valence-corrected chi connectivity index (χ3v) is 3.04. The van der Waals surface area contributed by atoms with Crippen molar-refractivity contribution < 1.29 is 13.9 Å². The predicted octanol–water partition coefficient (Wildman–Crippen LogP) is 2.51. The molecular formula is C15H20N2O3. The highest BCUT2D eigenvalue weighted by molar-refractivity contribution is 5.67. The smallest absolute Gasteiger partial charge is 0.194 e. The van der Waals surface area contributed by atoms with Crippen LogP contribution in [0.5, 0.6) is 11.5 Å². The summed E-state index contributed by atoms with van der Waals surface area (Å²) in [5.41, 5.74) is 0.846. The van der Waals surface area contributed by atoms with Gasteiger partial charge in [0, 0.05) is 6.42 Å². The SMILES string of the molecule is CNCCCc1ncc(-c2cc(OC)ccc2OC)o1. The molecule has 1 heterocycles. The Kier molecular flexibility index (Phi) is 5.01. The number of hydrogen-bond acceptors (Lipinski definition) is 5. The molecule has 2 aromatic rings. The maximum atomic E-state index is 5.78. The number of benzene rings is 1. The standard InChI is InChI=1S/C15H20N2O3/c1-16-8-4-5-15-17-10-14(20-15)12-9-11(18-2)6-7-13(12)19-3/h6-7,9-10,16H,4-5,8H2,1-3H3. The van der Waals surface area contributed by atoms with Gasteiger partial charge in [0.15, 0.2) is 11.7 Å². The Morgan fingerprint density at radius 3 is 2.80 bits per heavy atom. The molecule has 0 radical (unpaired) electrons. The minimum absolute atomic E-state index is 0.695. The largest absolute Gasteiger partial charge is 0.497 e. The van der Waals surface area contributed by atoms with Crippen LogP contribution in [0, 0.1) is 0 Å². The summed E-state index contributed by atoms with van der Waals surface area (Å²) in [6, 6.07) is 5.60. The van der Waals surface area contributed by atoms with Gasteiger partial charge < -0.3 is 19.2 Å². The molecule has 0 amide bonds. The summed E-state index contributed by atoms with van der Waals surface area (Å²) in [5, 5.41) is 3.10. The maximum absolute atomic E-state index is 5.78. The molecule has 0 unspecified atom stereocenters. The molecule has 1 N–H and O–H groups in total. The van der Waals surface area contributed by atoms with Gasteiger partial charge in [0.2, 0.25) is 0 Å². The van der Waals surface area contributed by atoms with Crippen molar-refractivity contribution in [3.05, 3.63) is 30.3 Å². The lowest BCUT2D eigenvalue weighted by Gasteiger charge is -2.07. The van der Waals surface area contributed by atoms with E-state index in [0.29, 0.717) is 5.76 Å². The fraction of sp³-hybridized carbons (Fsp3) is 0.400. The van der Waals surface area contributed by atoms with Crippen molar-refractivity contribution >= 4 is 0 Å². The van der Waals surface area contributed by atoms with Gasteiger partial charge in [-0.2, -0.15) is 0 Å². The molecule has 0 atom stereocenters. The molecule has 20 heavy (non-hydrogen) atoms. The summed E-state index contributed by atoms with van der Waals surface area (Å²) in [5.74, 6) is 2.93. The zero-order valence-electron chi connectivity index (χ0n) is 12.1.